The zero-order chi connectivity index (χ0) is 24.7. The van der Waals surface area contributed by atoms with E-state index in [-0.39, 0.29) is 37.3 Å². The first-order chi connectivity index (χ1) is 16.3. The maximum Gasteiger partial charge on any atom is 0.407 e. The summed E-state index contributed by atoms with van der Waals surface area (Å²) in [6.45, 7) is 3.75. The zero-order valence-electron chi connectivity index (χ0n) is 19.5. The number of ether oxygens (including phenoxy) is 1. The number of alkyl carbamates (subject to hydrolysis) is 1. The number of carbonyl (C=O) groups is 3. The van der Waals surface area contributed by atoms with Crippen LogP contribution in [0.25, 0.3) is 11.1 Å². The molecule has 0 fully saturated rings. The Morgan fingerprint density at radius 2 is 1.59 bits per heavy atom. The average molecular weight is 469 g/mol. The topological polar surface area (TPSA) is 125 Å². The average Bonchev–Trinajstić information content (AvgIpc) is 3.13. The maximum absolute atomic E-state index is 12.5. The van der Waals surface area contributed by atoms with Crippen molar-refractivity contribution in [3.63, 3.8) is 0 Å². The molecule has 0 saturated heterocycles. The molecule has 1 aliphatic rings. The summed E-state index contributed by atoms with van der Waals surface area (Å²) < 4.78 is 5.55. The molecule has 0 aliphatic heterocycles. The first-order valence-electron chi connectivity index (χ1n) is 11.5. The van der Waals surface area contributed by atoms with Gasteiger partial charge in [-0.3, -0.25) is 4.79 Å². The van der Waals surface area contributed by atoms with E-state index in [0.29, 0.717) is 6.42 Å². The highest BCUT2D eigenvalue weighted by Crippen LogP contribution is 2.44. The van der Waals surface area contributed by atoms with Crippen LogP contribution in [0.1, 0.15) is 43.7 Å². The number of aliphatic hydroxyl groups excluding tert-OH is 1. The van der Waals surface area contributed by atoms with Gasteiger partial charge in [-0.05, 0) is 40.5 Å². The van der Waals surface area contributed by atoms with Crippen molar-refractivity contribution in [3.05, 3.63) is 59.7 Å². The number of rotatable bonds is 11. The smallest absolute Gasteiger partial charge is 0.407 e. The lowest BCUT2D eigenvalue weighted by Crippen LogP contribution is -2.44. The molecule has 0 bridgehead atoms. The second-order valence-corrected chi connectivity index (χ2v) is 9.05. The predicted octanol–water partition coefficient (Wildman–Crippen LogP) is 3.14. The van der Waals surface area contributed by atoms with Gasteiger partial charge in [0.2, 0.25) is 5.91 Å². The van der Waals surface area contributed by atoms with Crippen LogP contribution in [0.15, 0.2) is 48.5 Å². The normalized spacial score (nSPS) is 14.1. The Balaban J connectivity index is 1.55. The quantitative estimate of drug-likeness (QED) is 0.402. The number of aliphatic carboxylic acids is 1. The number of nitrogens with one attached hydrogen (secondary N) is 2. The minimum atomic E-state index is -1.35. The molecule has 0 spiro atoms. The zero-order valence-corrected chi connectivity index (χ0v) is 19.5. The number of fused-ring (bicyclic) bond motifs is 3. The van der Waals surface area contributed by atoms with Gasteiger partial charge in [-0.15, -0.1) is 0 Å². The molecule has 0 heterocycles. The summed E-state index contributed by atoms with van der Waals surface area (Å²) in [6, 6.07) is 14.8. The molecule has 0 aromatic heterocycles. The number of carbonyl (C=O) groups excluding carboxylic acids is 2. The van der Waals surface area contributed by atoms with Crippen LogP contribution in [0.2, 0.25) is 0 Å². The van der Waals surface area contributed by atoms with Gasteiger partial charge in [0.1, 0.15) is 12.6 Å². The molecule has 2 atom stereocenters. The fraction of sp³-hybridized carbons (Fsp3) is 0.423. The number of hydrogen-bond acceptors (Lipinski definition) is 5. The molecule has 34 heavy (non-hydrogen) atoms. The third-order valence-corrected chi connectivity index (χ3v) is 5.97. The summed E-state index contributed by atoms with van der Waals surface area (Å²) in [5, 5.41) is 23.2. The summed E-state index contributed by atoms with van der Waals surface area (Å²) in [5.74, 6) is -1.75. The third kappa shape index (κ3) is 6.35. The van der Waals surface area contributed by atoms with Crippen LogP contribution in [0.3, 0.4) is 0 Å². The fourth-order valence-electron chi connectivity index (χ4n) is 4.48. The molecule has 3 rings (SSSR count). The van der Waals surface area contributed by atoms with Gasteiger partial charge in [-0.25, -0.2) is 9.59 Å². The van der Waals surface area contributed by atoms with E-state index >= 15 is 0 Å². The second-order valence-electron chi connectivity index (χ2n) is 9.05. The van der Waals surface area contributed by atoms with Gasteiger partial charge in [0, 0.05) is 18.9 Å². The lowest BCUT2D eigenvalue weighted by atomic mass is 9.93. The van der Waals surface area contributed by atoms with Crippen LogP contribution < -0.4 is 10.6 Å². The van der Waals surface area contributed by atoms with Crippen molar-refractivity contribution in [2.24, 2.45) is 11.8 Å². The van der Waals surface area contributed by atoms with Crippen molar-refractivity contribution >= 4 is 18.0 Å². The van der Waals surface area contributed by atoms with Crippen molar-refractivity contribution in [2.75, 3.05) is 19.8 Å². The van der Waals surface area contributed by atoms with Crippen LogP contribution in [0.5, 0.6) is 0 Å². The van der Waals surface area contributed by atoms with E-state index in [1.165, 1.54) is 0 Å². The van der Waals surface area contributed by atoms with E-state index in [1.54, 1.807) is 0 Å². The lowest BCUT2D eigenvalue weighted by molar-refractivity contribution is -0.143. The van der Waals surface area contributed by atoms with Crippen LogP contribution in [-0.2, 0) is 14.3 Å². The van der Waals surface area contributed by atoms with E-state index in [4.69, 9.17) is 14.9 Å². The van der Waals surface area contributed by atoms with Crippen molar-refractivity contribution in [1.82, 2.24) is 10.6 Å². The van der Waals surface area contributed by atoms with Gasteiger partial charge in [-0.1, -0.05) is 62.4 Å². The Labute approximate surface area is 199 Å². The Morgan fingerprint density at radius 3 is 2.12 bits per heavy atom. The van der Waals surface area contributed by atoms with Crippen molar-refractivity contribution in [2.45, 2.75) is 38.6 Å². The monoisotopic (exact) mass is 468 g/mol. The molecule has 0 unspecified atom stereocenters. The minimum absolute atomic E-state index is 0.0333. The second kappa shape index (κ2) is 11.7. The number of carboxylic acid groups (broad SMARTS) is 1. The summed E-state index contributed by atoms with van der Waals surface area (Å²) in [4.78, 5) is 35.8. The Kier molecular flexibility index (Phi) is 8.65. The highest BCUT2D eigenvalue weighted by atomic mass is 16.5. The van der Waals surface area contributed by atoms with Gasteiger partial charge in [0.15, 0.2) is 0 Å². The molecule has 2 aromatic carbocycles. The standard InChI is InChI=1S/C26H32N2O6/c1-16(2)11-17(12-24(30)28-23(14-29)25(31)32)13-27-26(33)34-15-22-20-9-5-3-7-18(20)19-8-4-6-10-21(19)22/h3-10,16-17,22-23,29H,11-15H2,1-2H3,(H,27,33)(H,28,30)(H,31,32)/t17-,23+/m0/s1. The molecule has 182 valence electrons. The van der Waals surface area contributed by atoms with Crippen molar-refractivity contribution in [3.8, 4) is 11.1 Å². The van der Waals surface area contributed by atoms with E-state index in [2.05, 4.69) is 34.9 Å². The molecule has 1 aliphatic carbocycles. The summed E-state index contributed by atoms with van der Waals surface area (Å²) in [5.41, 5.74) is 4.56. The number of aliphatic hydroxyl groups is 1. The first-order valence-corrected chi connectivity index (χ1v) is 11.5. The van der Waals surface area contributed by atoms with Gasteiger partial charge in [0.05, 0.1) is 6.61 Å². The molecule has 8 nitrogen and oxygen atoms in total. The van der Waals surface area contributed by atoms with Gasteiger partial charge in [-0.2, -0.15) is 0 Å². The SMILES string of the molecule is CC(C)C[C@H](CNC(=O)OCC1c2ccccc2-c2ccccc21)CC(=O)N[C@H](CO)C(=O)O. The molecule has 8 heteroatoms. The molecule has 2 amide bonds. The predicted molar refractivity (Wildman–Crippen MR) is 127 cm³/mol. The number of benzene rings is 2. The molecule has 0 saturated carbocycles. The molecular formula is C26H32N2O6. The van der Waals surface area contributed by atoms with Crippen LogP contribution in [0, 0.1) is 11.8 Å². The van der Waals surface area contributed by atoms with E-state index in [1.807, 2.05) is 38.1 Å². The Morgan fingerprint density at radius 1 is 1.00 bits per heavy atom. The first kappa shape index (κ1) is 25.2. The van der Waals surface area contributed by atoms with Crippen LogP contribution in [0.4, 0.5) is 4.79 Å². The van der Waals surface area contributed by atoms with Crippen LogP contribution >= 0.6 is 0 Å². The summed E-state index contributed by atoms with van der Waals surface area (Å²) in [6.07, 6.45) is 0.134. The molecule has 0 radical (unpaired) electrons. The molecular weight excluding hydrogens is 436 g/mol. The highest BCUT2D eigenvalue weighted by Gasteiger charge is 2.29. The largest absolute Gasteiger partial charge is 0.480 e. The summed E-state index contributed by atoms with van der Waals surface area (Å²) >= 11 is 0. The van der Waals surface area contributed by atoms with Crippen molar-refractivity contribution in [1.29, 1.82) is 0 Å². The highest BCUT2D eigenvalue weighted by molar-refractivity contribution is 5.83. The van der Waals surface area contributed by atoms with E-state index in [0.717, 1.165) is 22.3 Å². The molecule has 2 aromatic rings. The van der Waals surface area contributed by atoms with Gasteiger partial charge in [0.25, 0.3) is 0 Å². The van der Waals surface area contributed by atoms with Crippen LogP contribution in [-0.4, -0.2) is 54.0 Å². The Hall–Kier alpha value is -3.39. The van der Waals surface area contributed by atoms with E-state index < -0.39 is 30.6 Å². The summed E-state index contributed by atoms with van der Waals surface area (Å²) in [7, 11) is 0. The maximum atomic E-state index is 12.5. The van der Waals surface area contributed by atoms with E-state index in [9.17, 15) is 14.4 Å². The number of hydrogen-bond donors (Lipinski definition) is 4. The molecule has 4 N–H and O–H groups in total. The third-order valence-electron chi connectivity index (χ3n) is 5.97. The minimum Gasteiger partial charge on any atom is -0.480 e. The Bertz CT molecular complexity index is 976. The van der Waals surface area contributed by atoms with Gasteiger partial charge >= 0.3 is 12.1 Å². The van der Waals surface area contributed by atoms with Crippen molar-refractivity contribution < 1.29 is 29.3 Å². The number of carboxylic acids is 1. The lowest BCUT2D eigenvalue weighted by Gasteiger charge is -2.21. The fourth-order valence-corrected chi connectivity index (χ4v) is 4.48. The van der Waals surface area contributed by atoms with Gasteiger partial charge < -0.3 is 25.6 Å². The number of amides is 2.